The number of benzene rings is 2. The first-order valence-electron chi connectivity index (χ1n) is 9.70. The van der Waals surface area contributed by atoms with Crippen LogP contribution in [-0.2, 0) is 7.05 Å². The fourth-order valence-electron chi connectivity index (χ4n) is 3.55. The summed E-state index contributed by atoms with van der Waals surface area (Å²) in [6.07, 6.45) is 1.14. The summed E-state index contributed by atoms with van der Waals surface area (Å²) in [7, 11) is 1.64. The van der Waals surface area contributed by atoms with Gasteiger partial charge in [0.25, 0.3) is 11.8 Å². The molecule has 0 bridgehead atoms. The summed E-state index contributed by atoms with van der Waals surface area (Å²) in [5.74, 6) is 1.53. The van der Waals surface area contributed by atoms with E-state index in [0.29, 0.717) is 55.3 Å². The van der Waals surface area contributed by atoms with E-state index in [2.05, 4.69) is 15.3 Å². The highest BCUT2D eigenvalue weighted by Crippen LogP contribution is 2.37. The number of halogens is 2. The third kappa shape index (κ3) is 3.52. The molecule has 3 heterocycles. The number of ether oxygens (including phenoxy) is 2. The van der Waals surface area contributed by atoms with Gasteiger partial charge in [-0.05, 0) is 30.3 Å². The number of hydrogen-bond donors (Lipinski definition) is 2. The van der Waals surface area contributed by atoms with Crippen molar-refractivity contribution >= 4 is 45.9 Å². The fourth-order valence-corrected chi connectivity index (χ4v) is 4.15. The first-order valence-corrected chi connectivity index (χ1v) is 10.5. The lowest BCUT2D eigenvalue weighted by atomic mass is 10.1. The molecule has 2 aromatic heterocycles. The average Bonchev–Trinajstić information content (AvgIpc) is 3.20. The molecule has 3 N–H and O–H groups in total. The number of nitrogens with two attached hydrogens (primary N) is 1. The fraction of sp³-hybridized carbons (Fsp3) is 0.136. The van der Waals surface area contributed by atoms with Crippen molar-refractivity contribution in [3.05, 3.63) is 69.1 Å². The molecular formula is C22H17Cl2N5O3. The second kappa shape index (κ2) is 7.98. The molecule has 0 aliphatic carbocycles. The molecule has 1 atom stereocenters. The first-order chi connectivity index (χ1) is 15.4. The topological polar surface area (TPSA) is 104 Å². The molecule has 0 radical (unpaired) electrons. The maximum Gasteiger partial charge on any atom is 0.259 e. The van der Waals surface area contributed by atoms with Gasteiger partial charge in [-0.2, -0.15) is 4.98 Å². The number of anilines is 2. The molecule has 0 saturated carbocycles. The molecule has 162 valence electrons. The average molecular weight is 470 g/mol. The quantitative estimate of drug-likeness (QED) is 0.463. The van der Waals surface area contributed by atoms with Crippen LogP contribution in [0.4, 0.5) is 11.6 Å². The van der Waals surface area contributed by atoms with Crippen molar-refractivity contribution < 1.29 is 9.47 Å². The number of nitrogens with zero attached hydrogens (tertiary/aromatic N) is 3. The molecule has 0 fully saturated rings. The molecule has 1 aliphatic heterocycles. The zero-order valence-electron chi connectivity index (χ0n) is 16.8. The molecule has 0 amide bonds. The summed E-state index contributed by atoms with van der Waals surface area (Å²) < 4.78 is 12.6. The van der Waals surface area contributed by atoms with Gasteiger partial charge in [-0.1, -0.05) is 29.3 Å². The second-order valence-electron chi connectivity index (χ2n) is 7.18. The van der Waals surface area contributed by atoms with Crippen LogP contribution < -0.4 is 26.1 Å². The lowest BCUT2D eigenvalue weighted by molar-refractivity contribution is 0.0581. The maximum absolute atomic E-state index is 13.1. The third-order valence-corrected chi connectivity index (χ3v) is 5.72. The Hall–Kier alpha value is -3.33. The summed E-state index contributed by atoms with van der Waals surface area (Å²) in [4.78, 5) is 22.0. The minimum Gasteiger partial charge on any atom is -0.450 e. The largest absolute Gasteiger partial charge is 0.450 e. The molecule has 8 nitrogen and oxygen atoms in total. The molecule has 10 heteroatoms. The number of aromatic nitrogens is 3. The van der Waals surface area contributed by atoms with Crippen LogP contribution in [0.25, 0.3) is 22.2 Å². The summed E-state index contributed by atoms with van der Waals surface area (Å²) in [6.45, 7) is 0.251. The standard InChI is InChI=1S/C22H17Cl2N5O3/c1-29-20-11(7-13(21(29)30)19-14(23)3-2-4-15(19)24)10-26-22(28-20)27-12-5-6-16-17(8-12)32-18(9-25)31-16/h2-8,10,18H,9,25H2,1H3,(H,26,27,28). The van der Waals surface area contributed by atoms with Gasteiger partial charge in [0, 0.05) is 35.9 Å². The number of fused-ring (bicyclic) bond motifs is 2. The van der Waals surface area contributed by atoms with Gasteiger partial charge in [-0.3, -0.25) is 9.36 Å². The van der Waals surface area contributed by atoms with Crippen molar-refractivity contribution in [1.82, 2.24) is 14.5 Å². The normalized spacial score (nSPS) is 14.7. The minimum absolute atomic E-state index is 0.251. The molecule has 32 heavy (non-hydrogen) atoms. The van der Waals surface area contributed by atoms with Crippen LogP contribution >= 0.6 is 23.2 Å². The van der Waals surface area contributed by atoms with Gasteiger partial charge < -0.3 is 20.5 Å². The lowest BCUT2D eigenvalue weighted by Crippen LogP contribution is -2.27. The summed E-state index contributed by atoms with van der Waals surface area (Å²) in [5, 5.41) is 4.58. The van der Waals surface area contributed by atoms with Crippen LogP contribution in [0.2, 0.25) is 10.0 Å². The van der Waals surface area contributed by atoms with E-state index in [1.807, 2.05) is 6.07 Å². The van der Waals surface area contributed by atoms with Crippen LogP contribution in [0.3, 0.4) is 0 Å². The van der Waals surface area contributed by atoms with Gasteiger partial charge in [-0.25, -0.2) is 4.98 Å². The molecule has 0 saturated heterocycles. The molecular weight excluding hydrogens is 453 g/mol. The predicted molar refractivity (Wildman–Crippen MR) is 124 cm³/mol. The highest BCUT2D eigenvalue weighted by molar-refractivity contribution is 6.39. The Balaban J connectivity index is 1.52. The molecule has 0 spiro atoms. The van der Waals surface area contributed by atoms with Gasteiger partial charge in [0.05, 0.1) is 22.2 Å². The van der Waals surface area contributed by atoms with E-state index in [0.717, 1.165) is 0 Å². The maximum atomic E-state index is 13.1. The van der Waals surface area contributed by atoms with Crippen molar-refractivity contribution in [3.63, 3.8) is 0 Å². The molecule has 1 unspecified atom stereocenters. The van der Waals surface area contributed by atoms with Crippen molar-refractivity contribution in [2.24, 2.45) is 12.8 Å². The van der Waals surface area contributed by atoms with Gasteiger partial charge in [0.1, 0.15) is 5.65 Å². The van der Waals surface area contributed by atoms with Crippen molar-refractivity contribution in [2.75, 3.05) is 11.9 Å². The number of hydrogen-bond acceptors (Lipinski definition) is 7. The summed E-state index contributed by atoms with van der Waals surface area (Å²) in [6, 6.07) is 12.2. The van der Waals surface area contributed by atoms with Crippen LogP contribution in [-0.4, -0.2) is 27.4 Å². The third-order valence-electron chi connectivity index (χ3n) is 5.09. The number of aryl methyl sites for hydroxylation is 1. The molecule has 1 aliphatic rings. The Morgan fingerprint density at radius 1 is 1.12 bits per heavy atom. The Labute approximate surface area is 192 Å². The first kappa shape index (κ1) is 20.6. The van der Waals surface area contributed by atoms with Gasteiger partial charge >= 0.3 is 0 Å². The van der Waals surface area contributed by atoms with E-state index in [4.69, 9.17) is 38.4 Å². The summed E-state index contributed by atoms with van der Waals surface area (Å²) in [5.41, 5.74) is 7.35. The van der Waals surface area contributed by atoms with E-state index in [1.165, 1.54) is 4.57 Å². The Bertz CT molecular complexity index is 1400. The van der Waals surface area contributed by atoms with Gasteiger partial charge in [0.2, 0.25) is 5.95 Å². The highest BCUT2D eigenvalue weighted by atomic mass is 35.5. The SMILES string of the molecule is Cn1c(=O)c(-c2c(Cl)cccc2Cl)cc2cnc(Nc3ccc4c(c3)OC(CN)O4)nc21. The predicted octanol–water partition coefficient (Wildman–Crippen LogP) is 4.10. The highest BCUT2D eigenvalue weighted by Gasteiger charge is 2.23. The van der Waals surface area contributed by atoms with Gasteiger partial charge in [-0.15, -0.1) is 0 Å². The number of rotatable bonds is 4. The zero-order valence-corrected chi connectivity index (χ0v) is 18.3. The van der Waals surface area contributed by atoms with E-state index in [1.54, 1.807) is 49.6 Å². The molecule has 5 rings (SSSR count). The van der Waals surface area contributed by atoms with E-state index in [9.17, 15) is 4.79 Å². The monoisotopic (exact) mass is 469 g/mol. The number of nitrogens with one attached hydrogen (secondary N) is 1. The molecule has 2 aromatic carbocycles. The van der Waals surface area contributed by atoms with Crippen LogP contribution in [0.5, 0.6) is 11.5 Å². The van der Waals surface area contributed by atoms with Crippen LogP contribution in [0.1, 0.15) is 0 Å². The Morgan fingerprint density at radius 2 is 1.88 bits per heavy atom. The summed E-state index contributed by atoms with van der Waals surface area (Å²) >= 11 is 12.6. The van der Waals surface area contributed by atoms with Crippen LogP contribution in [0, 0.1) is 0 Å². The minimum atomic E-state index is -0.493. The Morgan fingerprint density at radius 3 is 2.62 bits per heavy atom. The van der Waals surface area contributed by atoms with E-state index >= 15 is 0 Å². The lowest BCUT2D eigenvalue weighted by Gasteiger charge is -2.12. The Kier molecular flexibility index (Phi) is 5.13. The van der Waals surface area contributed by atoms with Crippen LogP contribution in [0.15, 0.2) is 53.5 Å². The number of pyridine rings is 1. The van der Waals surface area contributed by atoms with Gasteiger partial charge in [0.15, 0.2) is 11.5 Å². The van der Waals surface area contributed by atoms with E-state index < -0.39 is 6.29 Å². The smallest absolute Gasteiger partial charge is 0.259 e. The van der Waals surface area contributed by atoms with Crippen molar-refractivity contribution in [2.45, 2.75) is 6.29 Å². The van der Waals surface area contributed by atoms with Crippen molar-refractivity contribution in [1.29, 1.82) is 0 Å². The zero-order chi connectivity index (χ0) is 22.4. The molecule has 4 aromatic rings. The van der Waals surface area contributed by atoms with Crippen molar-refractivity contribution in [3.8, 4) is 22.6 Å². The van der Waals surface area contributed by atoms with E-state index in [-0.39, 0.29) is 12.1 Å². The second-order valence-corrected chi connectivity index (χ2v) is 7.99.